The van der Waals surface area contributed by atoms with Gasteiger partial charge in [-0.2, -0.15) is 5.32 Å². The van der Waals surface area contributed by atoms with Gasteiger partial charge in [0.2, 0.25) is 5.85 Å². The second-order valence-corrected chi connectivity index (χ2v) is 3.99. The largest absolute Gasteiger partial charge is 0.351 e. The summed E-state index contributed by atoms with van der Waals surface area (Å²) in [5.74, 6) is -1.01. The SMILES string of the molecule is CCOC1(C)[N]Cc2ccccc2N1C(N)=O. The van der Waals surface area contributed by atoms with Crippen LogP contribution in [-0.2, 0) is 11.3 Å². The first-order valence-electron chi connectivity index (χ1n) is 5.58. The third-order valence-electron chi connectivity index (χ3n) is 2.83. The quantitative estimate of drug-likeness (QED) is 0.840. The highest BCUT2D eigenvalue weighted by Crippen LogP contribution is 2.32. The molecule has 5 nitrogen and oxygen atoms in total. The molecule has 1 heterocycles. The van der Waals surface area contributed by atoms with E-state index in [9.17, 15) is 4.79 Å². The van der Waals surface area contributed by atoms with Gasteiger partial charge in [-0.05, 0) is 18.6 Å². The molecular formula is C12H16N3O2. The van der Waals surface area contributed by atoms with Crippen molar-refractivity contribution in [1.82, 2.24) is 5.32 Å². The van der Waals surface area contributed by atoms with E-state index in [-0.39, 0.29) is 0 Å². The number of rotatable bonds is 2. The van der Waals surface area contributed by atoms with Gasteiger partial charge in [-0.3, -0.25) is 4.90 Å². The predicted molar refractivity (Wildman–Crippen MR) is 64.4 cm³/mol. The Kier molecular flexibility index (Phi) is 3.04. The van der Waals surface area contributed by atoms with E-state index in [0.717, 1.165) is 11.3 Å². The normalized spacial score (nSPS) is 23.3. The maximum Gasteiger partial charge on any atom is 0.322 e. The number of para-hydroxylation sites is 1. The second kappa shape index (κ2) is 4.35. The van der Waals surface area contributed by atoms with E-state index in [1.807, 2.05) is 31.2 Å². The number of nitrogens with two attached hydrogens (primary N) is 1. The minimum Gasteiger partial charge on any atom is -0.351 e. The molecule has 0 fully saturated rings. The minimum atomic E-state index is -1.01. The molecule has 0 saturated carbocycles. The summed E-state index contributed by atoms with van der Waals surface area (Å²) in [6, 6.07) is 7.01. The standard InChI is InChI=1S/C12H16N3O2/c1-3-17-12(2)14-8-9-6-4-5-7-10(9)15(12)11(13)16/h4-7H,3,8H2,1-2H3,(H2,13,16). The highest BCUT2D eigenvalue weighted by atomic mass is 16.5. The molecule has 1 aromatic rings. The molecule has 1 unspecified atom stereocenters. The molecule has 0 aromatic heterocycles. The van der Waals surface area contributed by atoms with Crippen molar-refractivity contribution in [3.8, 4) is 0 Å². The lowest BCUT2D eigenvalue weighted by Crippen LogP contribution is -2.61. The van der Waals surface area contributed by atoms with Crippen LogP contribution in [0.5, 0.6) is 0 Å². The number of hydrogen-bond acceptors (Lipinski definition) is 2. The Balaban J connectivity index is 2.46. The van der Waals surface area contributed by atoms with Crippen molar-refractivity contribution in [3.63, 3.8) is 0 Å². The van der Waals surface area contributed by atoms with Crippen LogP contribution in [-0.4, -0.2) is 18.5 Å². The monoisotopic (exact) mass is 234 g/mol. The molecule has 91 valence electrons. The number of urea groups is 1. The van der Waals surface area contributed by atoms with Crippen molar-refractivity contribution in [2.75, 3.05) is 11.5 Å². The first-order valence-corrected chi connectivity index (χ1v) is 5.58. The molecule has 0 spiro atoms. The van der Waals surface area contributed by atoms with Gasteiger partial charge in [0.15, 0.2) is 0 Å². The van der Waals surface area contributed by atoms with Crippen LogP contribution in [0.3, 0.4) is 0 Å². The van der Waals surface area contributed by atoms with Crippen LogP contribution in [0.4, 0.5) is 10.5 Å². The number of anilines is 1. The summed E-state index contributed by atoms with van der Waals surface area (Å²) in [6.45, 7) is 4.60. The zero-order valence-corrected chi connectivity index (χ0v) is 10.0. The molecule has 1 aromatic carbocycles. The van der Waals surface area contributed by atoms with E-state index in [1.54, 1.807) is 6.92 Å². The number of nitrogens with zero attached hydrogens (tertiary/aromatic N) is 2. The Labute approximate surface area is 101 Å². The van der Waals surface area contributed by atoms with Gasteiger partial charge in [-0.15, -0.1) is 0 Å². The molecular weight excluding hydrogens is 218 g/mol. The Hall–Kier alpha value is -1.59. The average Bonchev–Trinajstić information content (AvgIpc) is 2.28. The summed E-state index contributed by atoms with van der Waals surface area (Å²) < 4.78 is 5.56. The predicted octanol–water partition coefficient (Wildman–Crippen LogP) is 1.40. The zero-order valence-electron chi connectivity index (χ0n) is 10.0. The number of carbonyl (C=O) groups excluding carboxylic acids is 1. The number of primary amides is 1. The van der Waals surface area contributed by atoms with Gasteiger partial charge in [0.1, 0.15) is 0 Å². The van der Waals surface area contributed by atoms with E-state index in [0.29, 0.717) is 13.2 Å². The first-order chi connectivity index (χ1) is 8.08. The number of fused-ring (bicyclic) bond motifs is 1. The third-order valence-corrected chi connectivity index (χ3v) is 2.83. The maximum absolute atomic E-state index is 11.6. The topological polar surface area (TPSA) is 69.7 Å². The van der Waals surface area contributed by atoms with E-state index in [4.69, 9.17) is 10.5 Å². The third kappa shape index (κ3) is 1.99. The fourth-order valence-electron chi connectivity index (χ4n) is 2.10. The van der Waals surface area contributed by atoms with E-state index < -0.39 is 11.9 Å². The van der Waals surface area contributed by atoms with Crippen molar-refractivity contribution in [3.05, 3.63) is 29.8 Å². The van der Waals surface area contributed by atoms with Crippen molar-refractivity contribution in [1.29, 1.82) is 0 Å². The van der Waals surface area contributed by atoms with E-state index in [2.05, 4.69) is 5.32 Å². The van der Waals surface area contributed by atoms with Crippen LogP contribution in [0.2, 0.25) is 0 Å². The van der Waals surface area contributed by atoms with Crippen LogP contribution in [0.15, 0.2) is 24.3 Å². The molecule has 1 aliphatic heterocycles. The summed E-state index contributed by atoms with van der Waals surface area (Å²) in [7, 11) is 0. The van der Waals surface area contributed by atoms with Crippen molar-refractivity contribution >= 4 is 11.7 Å². The number of amides is 2. The number of hydrogen-bond donors (Lipinski definition) is 1. The zero-order chi connectivity index (χ0) is 12.5. The maximum atomic E-state index is 11.6. The van der Waals surface area contributed by atoms with Crippen molar-refractivity contribution in [2.45, 2.75) is 26.2 Å². The average molecular weight is 234 g/mol. The molecule has 2 N–H and O–H groups in total. The van der Waals surface area contributed by atoms with Crippen LogP contribution in [0.25, 0.3) is 0 Å². The van der Waals surface area contributed by atoms with Gasteiger partial charge in [-0.1, -0.05) is 18.2 Å². The Morgan fingerprint density at radius 3 is 2.94 bits per heavy atom. The molecule has 1 aliphatic rings. The van der Waals surface area contributed by atoms with Gasteiger partial charge < -0.3 is 10.5 Å². The molecule has 1 radical (unpaired) electrons. The lowest BCUT2D eigenvalue weighted by Gasteiger charge is -2.43. The Bertz CT molecular complexity index is 436. The van der Waals surface area contributed by atoms with E-state index >= 15 is 0 Å². The molecule has 17 heavy (non-hydrogen) atoms. The first kappa shape index (κ1) is 11.9. The summed E-state index contributed by atoms with van der Waals surface area (Å²) in [6.07, 6.45) is 0. The van der Waals surface area contributed by atoms with E-state index in [1.165, 1.54) is 4.90 Å². The molecule has 5 heteroatoms. The molecule has 0 aliphatic carbocycles. The second-order valence-electron chi connectivity index (χ2n) is 3.99. The van der Waals surface area contributed by atoms with Crippen LogP contribution >= 0.6 is 0 Å². The number of ether oxygens (including phenoxy) is 1. The number of benzene rings is 1. The van der Waals surface area contributed by atoms with Gasteiger partial charge >= 0.3 is 6.03 Å². The van der Waals surface area contributed by atoms with Gasteiger partial charge in [-0.25, -0.2) is 4.79 Å². The molecule has 1 atom stereocenters. The summed E-state index contributed by atoms with van der Waals surface area (Å²) in [5.41, 5.74) is 7.18. The smallest absolute Gasteiger partial charge is 0.322 e. The van der Waals surface area contributed by atoms with Crippen LogP contribution < -0.4 is 16.0 Å². The summed E-state index contributed by atoms with van der Waals surface area (Å²) in [5, 5.41) is 4.40. The van der Waals surface area contributed by atoms with Gasteiger partial charge in [0.25, 0.3) is 0 Å². The molecule has 0 saturated heterocycles. The van der Waals surface area contributed by atoms with Crippen molar-refractivity contribution in [2.24, 2.45) is 5.73 Å². The van der Waals surface area contributed by atoms with Crippen LogP contribution in [0, 0.1) is 0 Å². The molecule has 0 bridgehead atoms. The minimum absolute atomic E-state index is 0.464. The highest BCUT2D eigenvalue weighted by molar-refractivity contribution is 5.93. The van der Waals surface area contributed by atoms with Crippen LogP contribution in [0.1, 0.15) is 19.4 Å². The Morgan fingerprint density at radius 2 is 2.29 bits per heavy atom. The van der Waals surface area contributed by atoms with Gasteiger partial charge in [0, 0.05) is 20.1 Å². The molecule has 2 rings (SSSR count). The van der Waals surface area contributed by atoms with Crippen molar-refractivity contribution < 1.29 is 9.53 Å². The highest BCUT2D eigenvalue weighted by Gasteiger charge is 2.41. The Morgan fingerprint density at radius 1 is 1.59 bits per heavy atom. The summed E-state index contributed by atoms with van der Waals surface area (Å²) in [4.78, 5) is 13.0. The lowest BCUT2D eigenvalue weighted by molar-refractivity contribution is -0.0543. The van der Waals surface area contributed by atoms with Gasteiger partial charge in [0.05, 0.1) is 5.69 Å². The summed E-state index contributed by atoms with van der Waals surface area (Å²) >= 11 is 0. The molecule has 2 amide bonds. The fourth-order valence-corrected chi connectivity index (χ4v) is 2.10. The number of carbonyl (C=O) groups is 1. The fraction of sp³-hybridized carbons (Fsp3) is 0.417. The lowest BCUT2D eigenvalue weighted by atomic mass is 10.1.